The van der Waals surface area contributed by atoms with Crippen molar-refractivity contribution in [2.45, 2.75) is 193 Å². The molecule has 9 atom stereocenters. The van der Waals surface area contributed by atoms with Crippen molar-refractivity contribution in [3.63, 3.8) is 0 Å². The van der Waals surface area contributed by atoms with Gasteiger partial charge in [0.15, 0.2) is 0 Å². The maximum Gasteiger partial charge on any atom is 0.306 e. The number of rotatable bonds is 26. The lowest BCUT2D eigenvalue weighted by molar-refractivity contribution is -0.148. The van der Waals surface area contributed by atoms with E-state index in [1.54, 1.807) is 0 Å². The fourth-order valence-corrected chi connectivity index (χ4v) is 8.74. The summed E-state index contributed by atoms with van der Waals surface area (Å²) < 4.78 is 10.2. The van der Waals surface area contributed by atoms with Crippen molar-refractivity contribution in [3.05, 3.63) is 96.1 Å². The third-order valence-corrected chi connectivity index (χ3v) is 12.1. The lowest BCUT2D eigenvalue weighted by atomic mass is 9.85. The molecule has 0 saturated heterocycles. The number of carbonyl (C=O) groups excluding carboxylic acids is 3. The zero-order chi connectivity index (χ0) is 45.3. The van der Waals surface area contributed by atoms with E-state index in [4.69, 9.17) is 9.47 Å². The first kappa shape index (κ1) is 55.5. The zero-order valence-corrected chi connectivity index (χ0v) is 37.9. The number of esters is 2. The molecule has 0 heterocycles. The Labute approximate surface area is 379 Å². The number of aliphatic hydroxyl groups excluding tert-OH is 5. The number of unbranched alkanes of at least 4 members (excludes halogenated alkanes) is 2. The number of ketones is 1. The van der Waals surface area contributed by atoms with Crippen LogP contribution in [0.15, 0.2) is 85.0 Å². The molecule has 2 aromatic carbocycles. The standard InChI is InChI=1S/C26H40O5.C26H38O5.CH4/c2*1-19(2)31-26(30)13-9-4-3-8-12-22-23(25(29)18-24(22)28)17-16-21(27)15-14-20-10-6-5-7-11-20;/h3,5-8,10-11,19,21-25,27-29H,4,9,12-18H2,1-2H3;3,5-8,10-11,19,21-23,25,27,29H,4,9,12-18H2,1-2H3;1H4/b2*8-3-;/t21-,22+,23+,24-,25+;21-,22+,23+,25+;/m00./s1. The van der Waals surface area contributed by atoms with Gasteiger partial charge in [0.2, 0.25) is 0 Å². The Hall–Kier alpha value is -3.67. The Morgan fingerprint density at radius 2 is 1.06 bits per heavy atom. The largest absolute Gasteiger partial charge is 0.463 e. The maximum absolute atomic E-state index is 12.3. The summed E-state index contributed by atoms with van der Waals surface area (Å²) in [4.78, 5) is 35.4. The summed E-state index contributed by atoms with van der Waals surface area (Å²) in [7, 11) is 0. The van der Waals surface area contributed by atoms with Gasteiger partial charge in [0.05, 0.1) is 42.7 Å². The van der Waals surface area contributed by atoms with E-state index in [1.807, 2.05) is 82.3 Å². The molecule has 0 bridgehead atoms. The molecular formula is C53H82O10. The van der Waals surface area contributed by atoms with E-state index in [0.29, 0.717) is 70.6 Å². The first-order valence-corrected chi connectivity index (χ1v) is 23.4. The zero-order valence-electron chi connectivity index (χ0n) is 37.9. The number of hydrogen-bond acceptors (Lipinski definition) is 10. The van der Waals surface area contributed by atoms with Gasteiger partial charge < -0.3 is 35.0 Å². The SMILES string of the molecule is C.CC(C)OC(=O)CCC/C=C\C[C@@H]1[C@@H](CC[C@@H](O)CCc2ccccc2)[C@H](O)C[C@@H]1O.CC(C)OC(=O)CCC/C=C\C[C@H]1C(=O)C[C@@H](O)[C@@H]1CC[C@@H](O)CCc1ccccc1. The normalized spacial score (nSPS) is 23.2. The Kier molecular flexibility index (Phi) is 27.5. The molecule has 10 nitrogen and oxygen atoms in total. The smallest absolute Gasteiger partial charge is 0.306 e. The molecule has 2 aliphatic rings. The monoisotopic (exact) mass is 879 g/mol. The highest BCUT2D eigenvalue weighted by Crippen LogP contribution is 2.39. The number of ether oxygens (including phenoxy) is 2. The predicted molar refractivity (Wildman–Crippen MR) is 251 cm³/mol. The summed E-state index contributed by atoms with van der Waals surface area (Å²) >= 11 is 0. The summed E-state index contributed by atoms with van der Waals surface area (Å²) in [6.45, 7) is 7.36. The number of Topliss-reactive ketones (excluding diaryl/α,β-unsaturated/α-hetero) is 1. The minimum atomic E-state index is -0.613. The van der Waals surface area contributed by atoms with Crippen LogP contribution < -0.4 is 0 Å². The topological polar surface area (TPSA) is 171 Å². The average molecular weight is 879 g/mol. The van der Waals surface area contributed by atoms with E-state index >= 15 is 0 Å². The van der Waals surface area contributed by atoms with E-state index in [-0.39, 0.29) is 67.4 Å². The number of aryl methyl sites for hydroxylation is 2. The molecule has 2 aliphatic carbocycles. The molecule has 2 aromatic rings. The summed E-state index contributed by atoms with van der Waals surface area (Å²) in [5.41, 5.74) is 2.43. The van der Waals surface area contributed by atoms with Crippen molar-refractivity contribution in [2.75, 3.05) is 0 Å². The highest BCUT2D eigenvalue weighted by Gasteiger charge is 2.41. The van der Waals surface area contributed by atoms with Gasteiger partial charge in [-0.1, -0.05) is 92.4 Å². The van der Waals surface area contributed by atoms with Crippen molar-refractivity contribution in [3.8, 4) is 0 Å². The van der Waals surface area contributed by atoms with Crippen LogP contribution in [0.4, 0.5) is 0 Å². The quantitative estimate of drug-likeness (QED) is 0.0349. The van der Waals surface area contributed by atoms with Gasteiger partial charge in [-0.15, -0.1) is 0 Å². The summed E-state index contributed by atoms with van der Waals surface area (Å²) in [5.74, 6) is -0.484. The Balaban J connectivity index is 0.000000427. The molecule has 354 valence electrons. The van der Waals surface area contributed by atoms with Crippen LogP contribution in [0.2, 0.25) is 0 Å². The average Bonchev–Trinajstić information content (AvgIpc) is 3.66. The highest BCUT2D eigenvalue weighted by atomic mass is 16.5. The molecule has 2 fully saturated rings. The first-order chi connectivity index (χ1) is 29.7. The molecule has 2 saturated carbocycles. The molecule has 10 heteroatoms. The van der Waals surface area contributed by atoms with Crippen molar-refractivity contribution >= 4 is 17.7 Å². The fourth-order valence-electron chi connectivity index (χ4n) is 8.74. The number of benzene rings is 2. The first-order valence-electron chi connectivity index (χ1n) is 23.4. The third kappa shape index (κ3) is 22.7. The van der Waals surface area contributed by atoms with Crippen molar-refractivity contribution in [2.24, 2.45) is 23.7 Å². The van der Waals surface area contributed by atoms with Crippen LogP contribution >= 0.6 is 0 Å². The number of aliphatic hydroxyl groups is 5. The molecule has 0 amide bonds. The molecule has 0 spiro atoms. The lowest BCUT2D eigenvalue weighted by Crippen LogP contribution is -2.23. The van der Waals surface area contributed by atoms with Gasteiger partial charge in [-0.25, -0.2) is 0 Å². The molecule has 0 radical (unpaired) electrons. The third-order valence-electron chi connectivity index (χ3n) is 12.1. The molecule has 5 N–H and O–H groups in total. The molecular weight excluding hydrogens is 797 g/mol. The second-order valence-corrected chi connectivity index (χ2v) is 18.0. The van der Waals surface area contributed by atoms with Gasteiger partial charge >= 0.3 is 11.9 Å². The Bertz CT molecular complexity index is 1590. The van der Waals surface area contributed by atoms with E-state index in [1.165, 1.54) is 11.1 Å². The van der Waals surface area contributed by atoms with Gasteiger partial charge in [0, 0.05) is 25.2 Å². The van der Waals surface area contributed by atoms with Crippen LogP contribution in [0.5, 0.6) is 0 Å². The summed E-state index contributed by atoms with van der Waals surface area (Å²) in [6.07, 6.45) is 16.9. The van der Waals surface area contributed by atoms with Crippen LogP contribution in [-0.4, -0.2) is 86.0 Å². The van der Waals surface area contributed by atoms with Gasteiger partial charge in [0.1, 0.15) is 5.78 Å². The van der Waals surface area contributed by atoms with E-state index in [2.05, 4.69) is 30.3 Å². The number of carbonyl (C=O) groups is 3. The number of allylic oxidation sites excluding steroid dienone is 4. The van der Waals surface area contributed by atoms with Crippen molar-refractivity contribution in [1.29, 1.82) is 0 Å². The maximum atomic E-state index is 12.3. The summed E-state index contributed by atoms with van der Waals surface area (Å²) in [5, 5.41) is 51.9. The molecule has 0 aromatic heterocycles. The van der Waals surface area contributed by atoms with Gasteiger partial charge in [-0.3, -0.25) is 14.4 Å². The Morgan fingerprint density at radius 1 is 0.619 bits per heavy atom. The van der Waals surface area contributed by atoms with Crippen LogP contribution in [0.3, 0.4) is 0 Å². The van der Waals surface area contributed by atoms with E-state index in [0.717, 1.165) is 38.5 Å². The second kappa shape index (κ2) is 31.2. The van der Waals surface area contributed by atoms with Crippen molar-refractivity contribution in [1.82, 2.24) is 0 Å². The van der Waals surface area contributed by atoms with Gasteiger partial charge in [-0.05, 0) is 153 Å². The molecule has 0 unspecified atom stereocenters. The van der Waals surface area contributed by atoms with Crippen LogP contribution in [0.25, 0.3) is 0 Å². The van der Waals surface area contributed by atoms with Crippen molar-refractivity contribution < 1.29 is 49.4 Å². The van der Waals surface area contributed by atoms with E-state index < -0.39 is 30.5 Å². The second-order valence-electron chi connectivity index (χ2n) is 18.0. The minimum Gasteiger partial charge on any atom is -0.463 e. The van der Waals surface area contributed by atoms with Gasteiger partial charge in [-0.2, -0.15) is 0 Å². The molecule has 63 heavy (non-hydrogen) atoms. The molecule has 4 rings (SSSR count). The Morgan fingerprint density at radius 3 is 1.54 bits per heavy atom. The molecule has 0 aliphatic heterocycles. The lowest BCUT2D eigenvalue weighted by Gasteiger charge is -2.23. The summed E-state index contributed by atoms with van der Waals surface area (Å²) in [6, 6.07) is 20.2. The number of hydrogen-bond donors (Lipinski definition) is 5. The van der Waals surface area contributed by atoms with Crippen LogP contribution in [-0.2, 0) is 36.7 Å². The van der Waals surface area contributed by atoms with Crippen LogP contribution in [0.1, 0.15) is 149 Å². The predicted octanol–water partition coefficient (Wildman–Crippen LogP) is 9.22. The highest BCUT2D eigenvalue weighted by molar-refractivity contribution is 5.84. The van der Waals surface area contributed by atoms with E-state index in [9.17, 15) is 39.9 Å². The minimum absolute atomic E-state index is 0. The van der Waals surface area contributed by atoms with Gasteiger partial charge in [0.25, 0.3) is 0 Å². The van der Waals surface area contributed by atoms with Crippen LogP contribution in [0, 0.1) is 23.7 Å². The fraction of sp³-hybridized carbons (Fsp3) is 0.642.